The van der Waals surface area contributed by atoms with E-state index in [9.17, 15) is 14.9 Å². The standard InChI is InChI=1S/C21H16N4O4S/c1-13-12-24-16(4-5-18(26)14-7-9-22-10-8-14)20(23-21(24)30-13)15-3-6-19(29-2)17(11-15)25(27)28/h3-12H,1-2H3/b5-4+. The molecule has 0 spiro atoms. The van der Waals surface area contributed by atoms with Crippen molar-refractivity contribution in [1.29, 1.82) is 0 Å². The number of allylic oxidation sites excluding steroid dienone is 1. The number of thiazole rings is 1. The molecule has 150 valence electrons. The van der Waals surface area contributed by atoms with E-state index in [1.54, 1.807) is 42.7 Å². The van der Waals surface area contributed by atoms with Gasteiger partial charge in [0.15, 0.2) is 16.5 Å². The van der Waals surface area contributed by atoms with Crippen molar-refractivity contribution < 1.29 is 14.5 Å². The number of methoxy groups -OCH3 is 1. The van der Waals surface area contributed by atoms with E-state index in [0.29, 0.717) is 22.5 Å². The number of nitro benzene ring substituents is 1. The van der Waals surface area contributed by atoms with E-state index >= 15 is 0 Å². The summed E-state index contributed by atoms with van der Waals surface area (Å²) in [6.07, 6.45) is 8.18. The lowest BCUT2D eigenvalue weighted by Gasteiger charge is -2.05. The number of fused-ring (bicyclic) bond motifs is 1. The van der Waals surface area contributed by atoms with Crippen molar-refractivity contribution >= 4 is 33.8 Å². The lowest BCUT2D eigenvalue weighted by molar-refractivity contribution is -0.385. The summed E-state index contributed by atoms with van der Waals surface area (Å²) in [5, 5.41) is 11.4. The Morgan fingerprint density at radius 1 is 1.27 bits per heavy atom. The predicted octanol–water partition coefficient (Wildman–Crippen LogP) is 4.58. The molecule has 0 saturated heterocycles. The molecule has 4 aromatic rings. The summed E-state index contributed by atoms with van der Waals surface area (Å²) in [6.45, 7) is 1.97. The van der Waals surface area contributed by atoms with Gasteiger partial charge < -0.3 is 4.74 Å². The molecule has 0 fully saturated rings. The average Bonchev–Trinajstić information content (AvgIpc) is 3.28. The number of carbonyl (C=O) groups is 1. The number of carbonyl (C=O) groups excluding carboxylic acids is 1. The summed E-state index contributed by atoms with van der Waals surface area (Å²) in [5.41, 5.74) is 2.14. The molecule has 1 aromatic carbocycles. The number of nitrogens with zero attached hydrogens (tertiary/aromatic N) is 4. The number of nitro groups is 1. The van der Waals surface area contributed by atoms with Crippen LogP contribution < -0.4 is 4.74 Å². The van der Waals surface area contributed by atoms with Crippen LogP contribution in [0.2, 0.25) is 0 Å². The van der Waals surface area contributed by atoms with Crippen LogP contribution in [0, 0.1) is 17.0 Å². The molecule has 3 aromatic heterocycles. The van der Waals surface area contributed by atoms with Gasteiger partial charge in [0.1, 0.15) is 0 Å². The third-order valence-electron chi connectivity index (χ3n) is 4.49. The lowest BCUT2D eigenvalue weighted by Crippen LogP contribution is -1.96. The topological polar surface area (TPSA) is 99.6 Å². The quantitative estimate of drug-likeness (QED) is 0.196. The molecule has 0 atom stereocenters. The molecule has 0 amide bonds. The van der Waals surface area contributed by atoms with Crippen LogP contribution in [0.3, 0.4) is 0 Å². The normalized spacial score (nSPS) is 11.3. The Morgan fingerprint density at radius 2 is 2.03 bits per heavy atom. The minimum absolute atomic E-state index is 0.148. The summed E-state index contributed by atoms with van der Waals surface area (Å²) in [6, 6.07) is 7.97. The number of aryl methyl sites for hydroxylation is 1. The van der Waals surface area contributed by atoms with Gasteiger partial charge in [-0.25, -0.2) is 4.98 Å². The summed E-state index contributed by atoms with van der Waals surface area (Å²) in [4.78, 5) is 33.8. The Morgan fingerprint density at radius 3 is 2.73 bits per heavy atom. The van der Waals surface area contributed by atoms with Gasteiger partial charge in [-0.05, 0) is 43.3 Å². The zero-order valence-corrected chi connectivity index (χ0v) is 16.9. The van der Waals surface area contributed by atoms with Crippen LogP contribution >= 0.6 is 11.3 Å². The number of hydrogen-bond donors (Lipinski definition) is 0. The Bertz CT molecular complexity index is 1290. The number of ketones is 1. The predicted molar refractivity (Wildman–Crippen MR) is 114 cm³/mol. The molecule has 0 unspecified atom stereocenters. The van der Waals surface area contributed by atoms with Gasteiger partial charge in [0, 0.05) is 40.7 Å². The zero-order valence-electron chi connectivity index (χ0n) is 16.1. The number of pyridine rings is 1. The largest absolute Gasteiger partial charge is 0.490 e. The van der Waals surface area contributed by atoms with Crippen LogP contribution in [0.25, 0.3) is 22.3 Å². The molecule has 3 heterocycles. The minimum Gasteiger partial charge on any atom is -0.490 e. The van der Waals surface area contributed by atoms with Gasteiger partial charge in [-0.2, -0.15) is 0 Å². The average molecular weight is 420 g/mol. The molecule has 0 N–H and O–H groups in total. The highest BCUT2D eigenvalue weighted by molar-refractivity contribution is 7.17. The van der Waals surface area contributed by atoms with Crippen molar-refractivity contribution in [1.82, 2.24) is 14.4 Å². The monoisotopic (exact) mass is 420 g/mol. The number of hydrogen-bond acceptors (Lipinski definition) is 7. The molecule has 4 rings (SSSR count). The lowest BCUT2D eigenvalue weighted by atomic mass is 10.1. The summed E-state index contributed by atoms with van der Waals surface area (Å²) < 4.78 is 6.96. The molecular formula is C21H16N4O4S. The van der Waals surface area contributed by atoms with Gasteiger partial charge in [0.2, 0.25) is 0 Å². The first kappa shape index (κ1) is 19.5. The van der Waals surface area contributed by atoms with E-state index in [4.69, 9.17) is 4.74 Å². The maximum atomic E-state index is 12.5. The number of ether oxygens (including phenoxy) is 1. The van der Waals surface area contributed by atoms with Gasteiger partial charge in [0.25, 0.3) is 0 Å². The van der Waals surface area contributed by atoms with Crippen molar-refractivity contribution in [2.24, 2.45) is 0 Å². The van der Waals surface area contributed by atoms with Crippen LogP contribution in [-0.2, 0) is 0 Å². The summed E-state index contributed by atoms with van der Waals surface area (Å²) in [5.74, 6) is -0.00321. The first-order valence-corrected chi connectivity index (χ1v) is 9.73. The van der Waals surface area contributed by atoms with E-state index in [2.05, 4.69) is 9.97 Å². The molecule has 30 heavy (non-hydrogen) atoms. The minimum atomic E-state index is -0.493. The summed E-state index contributed by atoms with van der Waals surface area (Å²) in [7, 11) is 1.39. The second-order valence-corrected chi connectivity index (χ2v) is 7.63. The van der Waals surface area contributed by atoms with Crippen molar-refractivity contribution in [3.05, 3.63) is 81.2 Å². The molecule has 8 nitrogen and oxygen atoms in total. The van der Waals surface area contributed by atoms with E-state index in [0.717, 1.165) is 9.84 Å². The van der Waals surface area contributed by atoms with Crippen LogP contribution in [0.1, 0.15) is 20.9 Å². The molecule has 9 heteroatoms. The molecule has 0 aliphatic carbocycles. The van der Waals surface area contributed by atoms with Crippen LogP contribution in [0.5, 0.6) is 5.75 Å². The number of imidazole rings is 1. The van der Waals surface area contributed by atoms with Crippen molar-refractivity contribution in [3.8, 4) is 17.0 Å². The van der Waals surface area contributed by atoms with E-state index in [-0.39, 0.29) is 17.2 Å². The van der Waals surface area contributed by atoms with Crippen LogP contribution in [-0.4, -0.2) is 32.2 Å². The van der Waals surface area contributed by atoms with Gasteiger partial charge in [-0.3, -0.25) is 24.3 Å². The van der Waals surface area contributed by atoms with Crippen molar-refractivity contribution in [2.75, 3.05) is 7.11 Å². The second kappa shape index (κ2) is 7.88. The van der Waals surface area contributed by atoms with E-state index in [1.165, 1.54) is 30.6 Å². The van der Waals surface area contributed by atoms with E-state index < -0.39 is 4.92 Å². The number of rotatable bonds is 6. The van der Waals surface area contributed by atoms with Crippen LogP contribution in [0.15, 0.2) is 55.0 Å². The fourth-order valence-corrected chi connectivity index (χ4v) is 3.92. The first-order valence-electron chi connectivity index (χ1n) is 8.91. The Kier molecular flexibility index (Phi) is 5.11. The molecule has 0 radical (unpaired) electrons. The van der Waals surface area contributed by atoms with Crippen molar-refractivity contribution in [2.45, 2.75) is 6.92 Å². The molecular weight excluding hydrogens is 404 g/mol. The highest BCUT2D eigenvalue weighted by Crippen LogP contribution is 2.35. The highest BCUT2D eigenvalue weighted by Gasteiger charge is 2.20. The van der Waals surface area contributed by atoms with Gasteiger partial charge in [0.05, 0.1) is 23.4 Å². The fourth-order valence-electron chi connectivity index (χ4n) is 3.09. The fraction of sp³-hybridized carbons (Fsp3) is 0.0952. The highest BCUT2D eigenvalue weighted by atomic mass is 32.1. The van der Waals surface area contributed by atoms with Gasteiger partial charge in [-0.15, -0.1) is 11.3 Å². The van der Waals surface area contributed by atoms with Gasteiger partial charge in [-0.1, -0.05) is 0 Å². The first-order chi connectivity index (χ1) is 14.5. The third-order valence-corrected chi connectivity index (χ3v) is 5.38. The molecule has 0 saturated carbocycles. The number of benzene rings is 1. The van der Waals surface area contributed by atoms with Crippen LogP contribution in [0.4, 0.5) is 5.69 Å². The van der Waals surface area contributed by atoms with Gasteiger partial charge >= 0.3 is 5.69 Å². The Hall–Kier alpha value is -3.85. The molecule has 0 aliphatic rings. The second-order valence-electron chi connectivity index (χ2n) is 6.42. The zero-order chi connectivity index (χ0) is 21.3. The third kappa shape index (κ3) is 3.58. The SMILES string of the molecule is COc1ccc(-c2nc3sc(C)cn3c2/C=C/C(=O)c2ccncc2)cc1[N+](=O)[O-]. The maximum absolute atomic E-state index is 12.5. The summed E-state index contributed by atoms with van der Waals surface area (Å²) >= 11 is 1.50. The van der Waals surface area contributed by atoms with Crippen molar-refractivity contribution in [3.63, 3.8) is 0 Å². The molecule has 0 aliphatic heterocycles. The maximum Gasteiger partial charge on any atom is 0.311 e. The Labute approximate surface area is 175 Å². The Balaban J connectivity index is 1.83. The van der Waals surface area contributed by atoms with E-state index in [1.807, 2.05) is 17.5 Å². The molecule has 0 bridgehead atoms. The number of aromatic nitrogens is 3. The smallest absolute Gasteiger partial charge is 0.311 e.